The van der Waals surface area contributed by atoms with Gasteiger partial charge < -0.3 is 4.74 Å². The van der Waals surface area contributed by atoms with E-state index < -0.39 is 5.60 Å². The third-order valence-corrected chi connectivity index (χ3v) is 5.87. The minimum absolute atomic E-state index is 0.252. The number of hydrogen-bond acceptors (Lipinski definition) is 1. The van der Waals surface area contributed by atoms with Crippen molar-refractivity contribution in [2.75, 3.05) is 0 Å². The smallest absolute Gasteiger partial charge is 0.130 e. The van der Waals surface area contributed by atoms with E-state index in [9.17, 15) is 4.39 Å². The molecule has 0 saturated carbocycles. The fourth-order valence-electron chi connectivity index (χ4n) is 4.37. The zero-order valence-corrected chi connectivity index (χ0v) is 17.5. The summed E-state index contributed by atoms with van der Waals surface area (Å²) >= 11 is 6.42. The van der Waals surface area contributed by atoms with Crippen molar-refractivity contribution in [1.82, 2.24) is 0 Å². The van der Waals surface area contributed by atoms with Crippen LogP contribution in [0.1, 0.15) is 19.4 Å². The zero-order valence-electron chi connectivity index (χ0n) is 16.7. The summed E-state index contributed by atoms with van der Waals surface area (Å²) in [6, 6.07) is 26.9. The summed E-state index contributed by atoms with van der Waals surface area (Å²) < 4.78 is 19.9. The van der Waals surface area contributed by atoms with Crippen LogP contribution < -0.4 is 4.74 Å². The molecule has 0 fully saturated rings. The second kappa shape index (κ2) is 7.00. The fourth-order valence-corrected chi connectivity index (χ4v) is 4.55. The molecule has 0 amide bonds. The zero-order chi connectivity index (χ0) is 20.9. The van der Waals surface area contributed by atoms with E-state index in [1.165, 1.54) is 12.1 Å². The highest BCUT2D eigenvalue weighted by atomic mass is 35.5. The molecule has 0 bridgehead atoms. The van der Waals surface area contributed by atoms with E-state index in [4.69, 9.17) is 16.3 Å². The van der Waals surface area contributed by atoms with Crippen LogP contribution in [-0.2, 0) is 5.60 Å². The highest BCUT2D eigenvalue weighted by molar-refractivity contribution is 6.31. The van der Waals surface area contributed by atoms with Gasteiger partial charge in [0.1, 0.15) is 17.2 Å². The number of ether oxygens (including phenoxy) is 1. The topological polar surface area (TPSA) is 9.23 Å². The van der Waals surface area contributed by atoms with Crippen LogP contribution in [0, 0.1) is 5.82 Å². The van der Waals surface area contributed by atoms with E-state index in [1.807, 2.05) is 36.4 Å². The Hall–Kier alpha value is -3.10. The van der Waals surface area contributed by atoms with Gasteiger partial charge in [-0.05, 0) is 72.0 Å². The minimum Gasteiger partial charge on any atom is -0.482 e. The molecule has 0 unspecified atom stereocenters. The Morgan fingerprint density at radius 3 is 2.13 bits per heavy atom. The normalized spacial score (nSPS) is 13.9. The molecule has 30 heavy (non-hydrogen) atoms. The lowest BCUT2D eigenvalue weighted by molar-refractivity contribution is 0.106. The molecule has 0 atom stereocenters. The predicted molar refractivity (Wildman–Crippen MR) is 121 cm³/mol. The van der Waals surface area contributed by atoms with Crippen molar-refractivity contribution in [3.63, 3.8) is 0 Å². The van der Waals surface area contributed by atoms with Gasteiger partial charge in [-0.25, -0.2) is 4.39 Å². The van der Waals surface area contributed by atoms with Crippen LogP contribution in [0.2, 0.25) is 5.02 Å². The van der Waals surface area contributed by atoms with Crippen molar-refractivity contribution < 1.29 is 9.13 Å². The molecular weight excluding hydrogens is 395 g/mol. The van der Waals surface area contributed by atoms with Gasteiger partial charge in [0.25, 0.3) is 0 Å². The van der Waals surface area contributed by atoms with Crippen LogP contribution in [0.5, 0.6) is 5.75 Å². The molecule has 4 aromatic carbocycles. The molecule has 4 aromatic rings. The lowest BCUT2D eigenvalue weighted by atomic mass is 9.80. The van der Waals surface area contributed by atoms with E-state index in [0.29, 0.717) is 5.02 Å². The van der Waals surface area contributed by atoms with E-state index in [0.717, 1.165) is 44.7 Å². The maximum absolute atomic E-state index is 13.5. The highest BCUT2D eigenvalue weighted by Crippen LogP contribution is 2.49. The molecule has 148 valence electrons. The monoisotopic (exact) mass is 414 g/mol. The molecule has 1 nitrogen and oxygen atoms in total. The van der Waals surface area contributed by atoms with Crippen LogP contribution in [0.4, 0.5) is 4.39 Å². The summed E-state index contributed by atoms with van der Waals surface area (Å²) in [5.41, 5.74) is 6.84. The Kier molecular flexibility index (Phi) is 4.41. The van der Waals surface area contributed by atoms with Gasteiger partial charge in [0, 0.05) is 16.1 Å². The number of halogens is 2. The Labute approximate surface area is 180 Å². The summed E-state index contributed by atoms with van der Waals surface area (Å²) in [5, 5.41) is 0.656. The number of para-hydroxylation sites is 1. The van der Waals surface area contributed by atoms with Gasteiger partial charge in [0.15, 0.2) is 0 Å². The number of rotatable bonds is 2. The molecule has 0 saturated heterocycles. The third-order valence-electron chi connectivity index (χ3n) is 5.64. The van der Waals surface area contributed by atoms with Crippen molar-refractivity contribution in [2.24, 2.45) is 0 Å². The first-order chi connectivity index (χ1) is 14.4. The van der Waals surface area contributed by atoms with E-state index >= 15 is 0 Å². The van der Waals surface area contributed by atoms with Crippen LogP contribution in [0.15, 0.2) is 84.9 Å². The molecule has 0 aliphatic carbocycles. The third kappa shape index (κ3) is 3.09. The summed E-state index contributed by atoms with van der Waals surface area (Å²) in [6.45, 7) is 4.18. The first-order valence-electron chi connectivity index (χ1n) is 9.92. The van der Waals surface area contributed by atoms with Crippen LogP contribution >= 0.6 is 11.6 Å². The Bertz CT molecular complexity index is 1260. The average molecular weight is 415 g/mol. The van der Waals surface area contributed by atoms with Gasteiger partial charge in [0.2, 0.25) is 0 Å². The molecule has 0 radical (unpaired) electrons. The van der Waals surface area contributed by atoms with Crippen molar-refractivity contribution in [2.45, 2.75) is 19.4 Å². The number of fused-ring (bicyclic) bond motifs is 3. The van der Waals surface area contributed by atoms with E-state index in [2.05, 4.69) is 38.1 Å². The predicted octanol–water partition coefficient (Wildman–Crippen LogP) is 8.11. The Morgan fingerprint density at radius 2 is 1.37 bits per heavy atom. The first kappa shape index (κ1) is 18.9. The van der Waals surface area contributed by atoms with Gasteiger partial charge in [0.05, 0.1) is 0 Å². The molecule has 3 heteroatoms. The van der Waals surface area contributed by atoms with E-state index in [-0.39, 0.29) is 5.82 Å². The molecule has 0 aromatic heterocycles. The molecule has 0 N–H and O–H groups in total. The SMILES string of the molecule is CC1(C)Oc2ccccc2-c2cccc(-c3cc(Cl)ccc3-c3ccc(F)cc3)c21. The van der Waals surface area contributed by atoms with Crippen LogP contribution in [-0.4, -0.2) is 0 Å². The van der Waals surface area contributed by atoms with Crippen LogP contribution in [0.3, 0.4) is 0 Å². The standard InChI is InChI=1S/C27H20ClFO/c1-27(2)26-22(21-6-3-4-9-25(21)30-27)7-5-8-23(26)24-16-18(28)12-15-20(24)17-10-13-19(29)14-11-17/h3-16H,1-2H3. The highest BCUT2D eigenvalue weighted by Gasteiger charge is 2.35. The van der Waals surface area contributed by atoms with Crippen LogP contribution in [0.25, 0.3) is 33.4 Å². The Balaban J connectivity index is 1.80. The van der Waals surface area contributed by atoms with Gasteiger partial charge in [-0.15, -0.1) is 0 Å². The molecule has 5 rings (SSSR count). The maximum Gasteiger partial charge on any atom is 0.130 e. The summed E-state index contributed by atoms with van der Waals surface area (Å²) in [6.07, 6.45) is 0. The maximum atomic E-state index is 13.5. The van der Waals surface area contributed by atoms with Gasteiger partial charge in [-0.1, -0.05) is 66.2 Å². The number of benzene rings is 4. The molecule has 1 aliphatic rings. The van der Waals surface area contributed by atoms with Gasteiger partial charge in [-0.3, -0.25) is 0 Å². The fraction of sp³-hybridized carbons (Fsp3) is 0.111. The summed E-state index contributed by atoms with van der Waals surface area (Å²) in [7, 11) is 0. The van der Waals surface area contributed by atoms with Crippen molar-refractivity contribution in [3.05, 3.63) is 101 Å². The second-order valence-electron chi connectivity index (χ2n) is 8.03. The van der Waals surface area contributed by atoms with Gasteiger partial charge >= 0.3 is 0 Å². The summed E-state index contributed by atoms with van der Waals surface area (Å²) in [4.78, 5) is 0. The lowest BCUT2D eigenvalue weighted by Crippen LogP contribution is -2.30. The van der Waals surface area contributed by atoms with Crippen molar-refractivity contribution in [1.29, 1.82) is 0 Å². The molecule has 0 spiro atoms. The van der Waals surface area contributed by atoms with E-state index in [1.54, 1.807) is 12.1 Å². The number of hydrogen-bond donors (Lipinski definition) is 0. The molecule has 1 aliphatic heterocycles. The quantitative estimate of drug-likeness (QED) is 0.322. The van der Waals surface area contributed by atoms with Gasteiger partial charge in [-0.2, -0.15) is 0 Å². The largest absolute Gasteiger partial charge is 0.482 e. The molecular formula is C27H20ClFO. The molecule has 1 heterocycles. The second-order valence-corrected chi connectivity index (χ2v) is 8.47. The Morgan fingerprint density at radius 1 is 0.700 bits per heavy atom. The first-order valence-corrected chi connectivity index (χ1v) is 10.3. The lowest BCUT2D eigenvalue weighted by Gasteiger charge is -2.37. The van der Waals surface area contributed by atoms with Crippen molar-refractivity contribution in [3.8, 4) is 39.1 Å². The summed E-state index contributed by atoms with van der Waals surface area (Å²) in [5.74, 6) is 0.634. The van der Waals surface area contributed by atoms with Crippen molar-refractivity contribution >= 4 is 11.6 Å². The minimum atomic E-state index is -0.525. The average Bonchev–Trinajstić information content (AvgIpc) is 2.74.